The van der Waals surface area contributed by atoms with Gasteiger partial charge in [0, 0.05) is 23.3 Å². The molecule has 11 nitrogen and oxygen atoms in total. The van der Waals surface area contributed by atoms with Gasteiger partial charge in [-0.2, -0.15) is 5.01 Å². The van der Waals surface area contributed by atoms with Gasteiger partial charge in [-0.05, 0) is 67.6 Å². The molecule has 1 saturated heterocycles. The van der Waals surface area contributed by atoms with Crippen LogP contribution in [-0.2, 0) is 9.59 Å². The minimum absolute atomic E-state index is 0.0379. The van der Waals surface area contributed by atoms with E-state index in [2.05, 4.69) is 0 Å². The Hall–Kier alpha value is -4.97. The van der Waals surface area contributed by atoms with Crippen LogP contribution >= 0.6 is 11.3 Å². The molecular formula is C29H23N3O8S. The molecule has 1 aliphatic carbocycles. The lowest BCUT2D eigenvalue weighted by atomic mass is 9.82. The summed E-state index contributed by atoms with van der Waals surface area (Å²) in [5.74, 6) is -4.21. The first-order valence-electron chi connectivity index (χ1n) is 12.6. The molecule has 3 amide bonds. The van der Waals surface area contributed by atoms with Crippen LogP contribution in [0.4, 0.5) is 5.69 Å². The normalized spacial score (nSPS) is 18.0. The molecule has 2 heterocycles. The van der Waals surface area contributed by atoms with Crippen LogP contribution in [0, 0.1) is 22.0 Å². The Kier molecular flexibility index (Phi) is 7.58. The van der Waals surface area contributed by atoms with Crippen molar-refractivity contribution in [2.75, 3.05) is 6.54 Å². The van der Waals surface area contributed by atoms with Gasteiger partial charge in [0.05, 0.1) is 16.8 Å². The molecule has 0 unspecified atom stereocenters. The molecule has 2 atom stereocenters. The van der Waals surface area contributed by atoms with Crippen LogP contribution in [0.3, 0.4) is 0 Å². The molecule has 1 fully saturated rings. The molecule has 0 saturated carbocycles. The van der Waals surface area contributed by atoms with Crippen molar-refractivity contribution >= 4 is 46.5 Å². The van der Waals surface area contributed by atoms with E-state index in [4.69, 9.17) is 4.74 Å². The summed E-state index contributed by atoms with van der Waals surface area (Å²) in [7, 11) is 0. The van der Waals surface area contributed by atoms with Gasteiger partial charge in [-0.25, -0.2) is 9.80 Å². The first-order valence-corrected chi connectivity index (χ1v) is 13.5. The number of carbonyl (C=O) groups is 5. The third kappa shape index (κ3) is 5.54. The first-order chi connectivity index (χ1) is 19.6. The highest BCUT2D eigenvalue weighted by Gasteiger charge is 2.51. The van der Waals surface area contributed by atoms with Crippen LogP contribution in [0.5, 0.6) is 5.75 Å². The monoisotopic (exact) mass is 573 g/mol. The Balaban J connectivity index is 1.40. The standard InChI is InChI=1S/C29H23N3O8S/c1-17-4-13-22-23(15-17)28(36)31(27(22)35)30(26(34)19-5-9-20(10-6-19)32(38)39)16-24(33)18-7-11-21(12-8-18)40-29(37)25-3-2-14-41-25/h2-12,14,22-23H,13,15-16H2,1H3/t22-,23-/m1/s1. The van der Waals surface area contributed by atoms with E-state index in [9.17, 15) is 34.1 Å². The zero-order valence-corrected chi connectivity index (χ0v) is 22.5. The average molecular weight is 574 g/mol. The number of non-ortho nitro benzene ring substituents is 1. The van der Waals surface area contributed by atoms with Gasteiger partial charge in [-0.3, -0.25) is 29.3 Å². The molecule has 0 radical (unpaired) electrons. The number of Topliss-reactive ketones (excluding diaryl/α,β-unsaturated/α-hetero) is 1. The van der Waals surface area contributed by atoms with Gasteiger partial charge < -0.3 is 4.74 Å². The number of hydrogen-bond acceptors (Lipinski definition) is 9. The Morgan fingerprint density at radius 2 is 1.66 bits per heavy atom. The van der Waals surface area contributed by atoms with E-state index in [1.165, 1.54) is 47.7 Å². The Labute approximate surface area is 237 Å². The maximum atomic E-state index is 13.6. The second-order valence-corrected chi connectivity index (χ2v) is 10.6. The van der Waals surface area contributed by atoms with Gasteiger partial charge >= 0.3 is 5.97 Å². The molecule has 2 aromatic carbocycles. The van der Waals surface area contributed by atoms with Gasteiger partial charge in [-0.15, -0.1) is 11.3 Å². The van der Waals surface area contributed by atoms with E-state index < -0.39 is 52.8 Å². The largest absolute Gasteiger partial charge is 0.422 e. The molecule has 0 spiro atoms. The summed E-state index contributed by atoms with van der Waals surface area (Å²) in [4.78, 5) is 76.8. The molecule has 0 bridgehead atoms. The fraction of sp³-hybridized carbons (Fsp3) is 0.207. The second-order valence-electron chi connectivity index (χ2n) is 9.67. The van der Waals surface area contributed by atoms with Gasteiger partial charge in [0.15, 0.2) is 5.78 Å². The van der Waals surface area contributed by atoms with Crippen molar-refractivity contribution in [2.45, 2.75) is 19.8 Å². The van der Waals surface area contributed by atoms with Crippen LogP contribution in [0.1, 0.15) is 50.2 Å². The topological polar surface area (TPSA) is 144 Å². The molecule has 2 aliphatic rings. The minimum Gasteiger partial charge on any atom is -0.422 e. The Bertz CT molecular complexity index is 1580. The molecule has 5 rings (SSSR count). The van der Waals surface area contributed by atoms with E-state index in [0.717, 1.165) is 27.7 Å². The molecular weight excluding hydrogens is 550 g/mol. The lowest BCUT2D eigenvalue weighted by Crippen LogP contribution is -2.52. The van der Waals surface area contributed by atoms with Crippen molar-refractivity contribution < 1.29 is 33.6 Å². The summed E-state index contributed by atoms with van der Waals surface area (Å²) in [5, 5.41) is 14.4. The minimum atomic E-state index is -0.834. The van der Waals surface area contributed by atoms with Crippen molar-refractivity contribution in [3.8, 4) is 5.75 Å². The number of benzene rings is 2. The number of hydrazine groups is 1. The summed E-state index contributed by atoms with van der Waals surface area (Å²) >= 11 is 1.23. The van der Waals surface area contributed by atoms with Crippen LogP contribution in [0.25, 0.3) is 0 Å². The predicted molar refractivity (Wildman–Crippen MR) is 146 cm³/mol. The third-order valence-electron chi connectivity index (χ3n) is 7.00. The number of esters is 1. The zero-order chi connectivity index (χ0) is 29.3. The highest BCUT2D eigenvalue weighted by atomic mass is 32.1. The lowest BCUT2D eigenvalue weighted by molar-refractivity contribution is -0.384. The number of allylic oxidation sites excluding steroid dienone is 2. The smallest absolute Gasteiger partial charge is 0.353 e. The summed E-state index contributed by atoms with van der Waals surface area (Å²) in [6.45, 7) is 1.22. The number of carbonyl (C=O) groups excluding carboxylic acids is 5. The maximum Gasteiger partial charge on any atom is 0.353 e. The number of ketones is 1. The number of imide groups is 1. The van der Waals surface area contributed by atoms with Gasteiger partial charge in [0.2, 0.25) is 0 Å². The third-order valence-corrected chi connectivity index (χ3v) is 7.85. The van der Waals surface area contributed by atoms with Crippen LogP contribution < -0.4 is 4.74 Å². The molecule has 208 valence electrons. The van der Waals surface area contributed by atoms with Crippen molar-refractivity contribution in [1.82, 2.24) is 10.0 Å². The second kappa shape index (κ2) is 11.3. The molecule has 12 heteroatoms. The molecule has 0 N–H and O–H groups in total. The summed E-state index contributed by atoms with van der Waals surface area (Å²) in [6, 6.07) is 13.7. The molecule has 1 aromatic heterocycles. The van der Waals surface area contributed by atoms with Crippen LogP contribution in [0.15, 0.2) is 77.7 Å². The molecule has 1 aliphatic heterocycles. The highest BCUT2D eigenvalue weighted by Crippen LogP contribution is 2.38. The molecule has 41 heavy (non-hydrogen) atoms. The number of amides is 3. The average Bonchev–Trinajstić information content (AvgIpc) is 3.59. The van der Waals surface area contributed by atoms with Crippen LogP contribution in [0.2, 0.25) is 0 Å². The number of ether oxygens (including phenoxy) is 1. The van der Waals surface area contributed by atoms with E-state index in [-0.39, 0.29) is 22.6 Å². The van der Waals surface area contributed by atoms with E-state index in [0.29, 0.717) is 17.7 Å². The molecule has 3 aromatic rings. The Morgan fingerprint density at radius 3 is 2.29 bits per heavy atom. The van der Waals surface area contributed by atoms with E-state index >= 15 is 0 Å². The number of hydrogen-bond donors (Lipinski definition) is 0. The highest BCUT2D eigenvalue weighted by molar-refractivity contribution is 7.12. The number of nitrogens with zero attached hydrogens (tertiary/aromatic N) is 3. The van der Waals surface area contributed by atoms with Crippen LogP contribution in [-0.4, -0.2) is 51.0 Å². The number of thiophene rings is 1. The fourth-order valence-corrected chi connectivity index (χ4v) is 5.45. The number of fused-ring (bicyclic) bond motifs is 1. The number of nitro benzene ring substituents is 1. The van der Waals surface area contributed by atoms with Crippen molar-refractivity contribution in [1.29, 1.82) is 0 Å². The van der Waals surface area contributed by atoms with E-state index in [1.807, 2.05) is 13.0 Å². The lowest BCUT2D eigenvalue weighted by Gasteiger charge is -2.30. The summed E-state index contributed by atoms with van der Waals surface area (Å²) < 4.78 is 5.31. The summed E-state index contributed by atoms with van der Waals surface area (Å²) in [5.41, 5.74) is 0.823. The number of rotatable bonds is 8. The summed E-state index contributed by atoms with van der Waals surface area (Å²) in [6.07, 6.45) is 2.60. The van der Waals surface area contributed by atoms with E-state index in [1.54, 1.807) is 17.5 Å². The van der Waals surface area contributed by atoms with Gasteiger partial charge in [0.25, 0.3) is 23.4 Å². The number of nitro groups is 1. The predicted octanol–water partition coefficient (Wildman–Crippen LogP) is 4.46. The quantitative estimate of drug-likeness (QED) is 0.0731. The Morgan fingerprint density at radius 1 is 1.00 bits per heavy atom. The maximum absolute atomic E-state index is 13.6. The zero-order valence-electron chi connectivity index (χ0n) is 21.7. The van der Waals surface area contributed by atoms with Gasteiger partial charge in [-0.1, -0.05) is 17.7 Å². The van der Waals surface area contributed by atoms with Crippen molar-refractivity contribution in [2.24, 2.45) is 11.8 Å². The fourth-order valence-electron chi connectivity index (χ4n) is 4.85. The first kappa shape index (κ1) is 27.6. The van der Waals surface area contributed by atoms with Gasteiger partial charge in [0.1, 0.15) is 17.2 Å². The van der Waals surface area contributed by atoms with Crippen molar-refractivity contribution in [3.05, 3.63) is 104 Å². The SMILES string of the molecule is CC1=CC[C@H]2C(=O)N(N(CC(=O)c3ccc(OC(=O)c4cccs4)cc3)C(=O)c3ccc([N+](=O)[O-])cc3)C(=O)[C@@H]2C1. The van der Waals surface area contributed by atoms with Crippen molar-refractivity contribution in [3.63, 3.8) is 0 Å².